The SMILES string of the molecule is COc1ccc(Oc2ncccc2NC(=O)N[C@@H](C)CO)cc1. The fourth-order valence-corrected chi connectivity index (χ4v) is 1.75. The lowest BCUT2D eigenvalue weighted by atomic mass is 10.3. The highest BCUT2D eigenvalue weighted by Gasteiger charge is 2.11. The van der Waals surface area contributed by atoms with Gasteiger partial charge in [0.15, 0.2) is 0 Å². The molecule has 7 heteroatoms. The molecular weight excluding hydrogens is 298 g/mol. The van der Waals surface area contributed by atoms with Crippen molar-refractivity contribution in [2.45, 2.75) is 13.0 Å². The van der Waals surface area contributed by atoms with Crippen molar-refractivity contribution in [1.29, 1.82) is 0 Å². The molecule has 0 unspecified atom stereocenters. The first kappa shape index (κ1) is 16.6. The van der Waals surface area contributed by atoms with E-state index in [-0.39, 0.29) is 18.5 Å². The van der Waals surface area contributed by atoms with E-state index in [1.165, 1.54) is 0 Å². The van der Waals surface area contributed by atoms with E-state index in [0.29, 0.717) is 17.2 Å². The molecule has 1 atom stereocenters. The van der Waals surface area contributed by atoms with Crippen LogP contribution in [-0.2, 0) is 0 Å². The van der Waals surface area contributed by atoms with Crippen molar-refractivity contribution < 1.29 is 19.4 Å². The van der Waals surface area contributed by atoms with Gasteiger partial charge in [0.25, 0.3) is 0 Å². The number of hydrogen-bond acceptors (Lipinski definition) is 5. The first-order chi connectivity index (χ1) is 11.1. The summed E-state index contributed by atoms with van der Waals surface area (Å²) < 4.78 is 10.8. The number of carbonyl (C=O) groups excluding carboxylic acids is 1. The summed E-state index contributed by atoms with van der Waals surface area (Å²) >= 11 is 0. The molecule has 0 fully saturated rings. The molecule has 0 bridgehead atoms. The summed E-state index contributed by atoms with van der Waals surface area (Å²) in [7, 11) is 1.59. The molecule has 0 radical (unpaired) electrons. The predicted octanol–water partition coefficient (Wildman–Crippen LogP) is 2.38. The van der Waals surface area contributed by atoms with E-state index < -0.39 is 6.03 Å². The topological polar surface area (TPSA) is 92.7 Å². The van der Waals surface area contributed by atoms with Gasteiger partial charge in [-0.05, 0) is 43.3 Å². The van der Waals surface area contributed by atoms with Gasteiger partial charge in [0.05, 0.1) is 19.8 Å². The molecule has 2 rings (SSSR count). The molecule has 0 saturated carbocycles. The molecule has 3 N–H and O–H groups in total. The number of aliphatic hydroxyl groups excluding tert-OH is 1. The third-order valence-electron chi connectivity index (χ3n) is 2.94. The lowest BCUT2D eigenvalue weighted by Crippen LogP contribution is -2.38. The average molecular weight is 317 g/mol. The highest BCUT2D eigenvalue weighted by atomic mass is 16.5. The molecule has 0 saturated heterocycles. The lowest BCUT2D eigenvalue weighted by Gasteiger charge is -2.14. The summed E-state index contributed by atoms with van der Waals surface area (Å²) in [6.45, 7) is 1.55. The molecule has 2 amide bonds. The largest absolute Gasteiger partial charge is 0.497 e. The van der Waals surface area contributed by atoms with E-state index >= 15 is 0 Å². The summed E-state index contributed by atoms with van der Waals surface area (Å²) in [5.74, 6) is 1.55. The quantitative estimate of drug-likeness (QED) is 0.760. The number of methoxy groups -OCH3 is 1. The van der Waals surface area contributed by atoms with Crippen molar-refractivity contribution >= 4 is 11.7 Å². The van der Waals surface area contributed by atoms with Crippen molar-refractivity contribution in [1.82, 2.24) is 10.3 Å². The smallest absolute Gasteiger partial charge is 0.319 e. The Hall–Kier alpha value is -2.80. The Morgan fingerprint density at radius 2 is 1.96 bits per heavy atom. The van der Waals surface area contributed by atoms with E-state index in [2.05, 4.69) is 15.6 Å². The maximum Gasteiger partial charge on any atom is 0.319 e. The van der Waals surface area contributed by atoms with Gasteiger partial charge in [0, 0.05) is 6.20 Å². The minimum atomic E-state index is -0.445. The molecule has 122 valence electrons. The van der Waals surface area contributed by atoms with E-state index in [1.54, 1.807) is 56.6 Å². The van der Waals surface area contributed by atoms with Gasteiger partial charge < -0.3 is 25.2 Å². The number of carbonyl (C=O) groups is 1. The fraction of sp³-hybridized carbons (Fsp3) is 0.250. The van der Waals surface area contributed by atoms with Gasteiger partial charge >= 0.3 is 6.03 Å². The Morgan fingerprint density at radius 3 is 2.61 bits per heavy atom. The molecule has 23 heavy (non-hydrogen) atoms. The summed E-state index contributed by atoms with van der Waals surface area (Å²) in [5.41, 5.74) is 0.422. The zero-order valence-corrected chi connectivity index (χ0v) is 12.9. The zero-order chi connectivity index (χ0) is 16.7. The second kappa shape index (κ2) is 8.00. The minimum Gasteiger partial charge on any atom is -0.497 e. The van der Waals surface area contributed by atoms with Gasteiger partial charge in [-0.2, -0.15) is 0 Å². The maximum absolute atomic E-state index is 11.8. The highest BCUT2D eigenvalue weighted by Crippen LogP contribution is 2.27. The second-order valence-corrected chi connectivity index (χ2v) is 4.82. The number of hydrogen-bond donors (Lipinski definition) is 3. The van der Waals surface area contributed by atoms with Gasteiger partial charge in [0.1, 0.15) is 17.2 Å². The predicted molar refractivity (Wildman–Crippen MR) is 86.0 cm³/mol. The molecule has 0 aliphatic rings. The molecule has 7 nitrogen and oxygen atoms in total. The average Bonchev–Trinajstić information content (AvgIpc) is 2.57. The van der Waals surface area contributed by atoms with Crippen LogP contribution in [0.15, 0.2) is 42.6 Å². The van der Waals surface area contributed by atoms with Crippen LogP contribution in [0.3, 0.4) is 0 Å². The van der Waals surface area contributed by atoms with Crippen LogP contribution in [0.4, 0.5) is 10.5 Å². The van der Waals surface area contributed by atoms with Crippen LogP contribution in [0.5, 0.6) is 17.4 Å². The minimum absolute atomic E-state index is 0.143. The molecule has 2 aromatic rings. The summed E-state index contributed by atoms with van der Waals surface area (Å²) in [6.07, 6.45) is 1.57. The van der Waals surface area contributed by atoms with Crippen molar-refractivity contribution in [2.24, 2.45) is 0 Å². The first-order valence-corrected chi connectivity index (χ1v) is 7.07. The molecule has 0 aliphatic carbocycles. The number of aromatic nitrogens is 1. The number of nitrogens with zero attached hydrogens (tertiary/aromatic N) is 1. The summed E-state index contributed by atoms with van der Waals surface area (Å²) in [4.78, 5) is 16.0. The molecule has 0 aliphatic heterocycles. The number of pyridine rings is 1. The van der Waals surface area contributed by atoms with Crippen LogP contribution in [0, 0.1) is 0 Å². The second-order valence-electron chi connectivity index (χ2n) is 4.82. The highest BCUT2D eigenvalue weighted by molar-refractivity contribution is 5.90. The van der Waals surface area contributed by atoms with Gasteiger partial charge in [-0.25, -0.2) is 9.78 Å². The van der Waals surface area contributed by atoms with E-state index in [1.807, 2.05) is 0 Å². The Morgan fingerprint density at radius 1 is 1.26 bits per heavy atom. The number of urea groups is 1. The monoisotopic (exact) mass is 317 g/mol. The fourth-order valence-electron chi connectivity index (χ4n) is 1.75. The number of ether oxygens (including phenoxy) is 2. The summed E-state index contributed by atoms with van der Waals surface area (Å²) in [5, 5.41) is 14.2. The van der Waals surface area contributed by atoms with Gasteiger partial charge in [-0.3, -0.25) is 0 Å². The van der Waals surface area contributed by atoms with Crippen molar-refractivity contribution in [3.05, 3.63) is 42.6 Å². The zero-order valence-electron chi connectivity index (χ0n) is 12.9. The third-order valence-corrected chi connectivity index (χ3v) is 2.94. The molecule has 1 heterocycles. The maximum atomic E-state index is 11.8. The Kier molecular flexibility index (Phi) is 5.76. The normalized spacial score (nSPS) is 11.4. The first-order valence-electron chi connectivity index (χ1n) is 7.07. The summed E-state index contributed by atoms with van der Waals surface area (Å²) in [6, 6.07) is 9.58. The van der Waals surface area contributed by atoms with E-state index in [9.17, 15) is 4.79 Å². The molecule has 1 aromatic heterocycles. The molecule has 0 spiro atoms. The van der Waals surface area contributed by atoms with Crippen molar-refractivity contribution in [3.8, 4) is 17.4 Å². The molecular formula is C16H19N3O4. The number of benzene rings is 1. The number of rotatable bonds is 6. The van der Waals surface area contributed by atoms with Crippen molar-refractivity contribution in [2.75, 3.05) is 19.0 Å². The Bertz CT molecular complexity index is 646. The van der Waals surface area contributed by atoms with Gasteiger partial charge in [-0.15, -0.1) is 0 Å². The lowest BCUT2D eigenvalue weighted by molar-refractivity contribution is 0.229. The van der Waals surface area contributed by atoms with E-state index in [0.717, 1.165) is 0 Å². The molecule has 1 aromatic carbocycles. The van der Waals surface area contributed by atoms with Crippen LogP contribution >= 0.6 is 0 Å². The van der Waals surface area contributed by atoms with E-state index in [4.69, 9.17) is 14.6 Å². The van der Waals surface area contributed by atoms with Crippen LogP contribution in [0.2, 0.25) is 0 Å². The number of amides is 2. The van der Waals surface area contributed by atoms with Crippen LogP contribution in [0.1, 0.15) is 6.92 Å². The van der Waals surface area contributed by atoms with Crippen LogP contribution in [0.25, 0.3) is 0 Å². The van der Waals surface area contributed by atoms with Gasteiger partial charge in [0.2, 0.25) is 5.88 Å². The standard InChI is InChI=1S/C16H19N3O4/c1-11(10-20)18-16(21)19-14-4-3-9-17-15(14)23-13-7-5-12(22-2)6-8-13/h3-9,11,20H,10H2,1-2H3,(H2,18,19,21)/t11-/m0/s1. The van der Waals surface area contributed by atoms with Crippen molar-refractivity contribution in [3.63, 3.8) is 0 Å². The number of aliphatic hydroxyl groups is 1. The number of nitrogens with one attached hydrogen (secondary N) is 2. The Balaban J connectivity index is 2.08. The van der Waals surface area contributed by atoms with Gasteiger partial charge in [-0.1, -0.05) is 0 Å². The third kappa shape index (κ3) is 4.86. The number of anilines is 1. The van der Waals surface area contributed by atoms with Crippen LogP contribution in [-0.4, -0.2) is 35.9 Å². The van der Waals surface area contributed by atoms with Crippen LogP contribution < -0.4 is 20.1 Å². The Labute approximate surface area is 134 Å².